The molecule has 2 aromatic carbocycles. The predicted molar refractivity (Wildman–Crippen MR) is 151 cm³/mol. The molecule has 212 valence electrons. The van der Waals surface area contributed by atoms with E-state index in [2.05, 4.69) is 0 Å². The second-order valence-corrected chi connectivity index (χ2v) is 11.2. The number of carboxylic acid groups (broad SMARTS) is 2. The highest BCUT2D eigenvalue weighted by molar-refractivity contribution is 5.74. The molecule has 0 heterocycles. The molecule has 0 saturated heterocycles. The van der Waals surface area contributed by atoms with Gasteiger partial charge in [0.15, 0.2) is 0 Å². The number of aryl methyl sites for hydroxylation is 1. The third-order valence-corrected chi connectivity index (χ3v) is 6.93. The molecule has 0 aliphatic carbocycles. The molecule has 2 rings (SSSR count). The zero-order valence-corrected chi connectivity index (χ0v) is 23.1. The lowest BCUT2D eigenvalue weighted by Gasteiger charge is -2.18. The standard InChI is InChI=1S/C31H40O8/c1-30(2,28(36)37)14-7-5-10-20-16-24(32)18-22(26(20)34)12-9-13-23-19-25(33)17-21(27(23)35)11-6-8-15-31(3,4)29(38)39/h5,9-10,13,16-19,32-35H,6-8,11-12,14-15H2,1-4H3,(H,36,37)(H,38,39). The van der Waals surface area contributed by atoms with E-state index >= 15 is 0 Å². The van der Waals surface area contributed by atoms with Gasteiger partial charge in [-0.05, 0) is 96.0 Å². The van der Waals surface area contributed by atoms with E-state index in [-0.39, 0.29) is 29.4 Å². The van der Waals surface area contributed by atoms with Gasteiger partial charge in [0.2, 0.25) is 0 Å². The Balaban J connectivity index is 2.09. The second-order valence-electron chi connectivity index (χ2n) is 11.2. The number of rotatable bonds is 14. The fraction of sp³-hybridized carbons (Fsp3) is 0.419. The number of hydrogen-bond acceptors (Lipinski definition) is 6. The number of unbranched alkanes of at least 4 members (excludes halogenated alkanes) is 1. The van der Waals surface area contributed by atoms with Crippen LogP contribution in [0.1, 0.15) is 82.1 Å². The van der Waals surface area contributed by atoms with Gasteiger partial charge < -0.3 is 30.6 Å². The number of carbonyl (C=O) groups is 2. The number of aliphatic carboxylic acids is 2. The zero-order valence-electron chi connectivity index (χ0n) is 23.1. The minimum Gasteiger partial charge on any atom is -0.508 e. The second kappa shape index (κ2) is 13.2. The number of phenols is 4. The average Bonchev–Trinajstić information content (AvgIpc) is 2.84. The summed E-state index contributed by atoms with van der Waals surface area (Å²) in [6, 6.07) is 5.79. The molecule has 2 aromatic rings. The van der Waals surface area contributed by atoms with Crippen LogP contribution in [0.25, 0.3) is 12.2 Å². The molecule has 0 saturated carbocycles. The summed E-state index contributed by atoms with van der Waals surface area (Å²) < 4.78 is 0. The van der Waals surface area contributed by atoms with Crippen LogP contribution in [0, 0.1) is 10.8 Å². The summed E-state index contributed by atoms with van der Waals surface area (Å²) >= 11 is 0. The lowest BCUT2D eigenvalue weighted by atomic mass is 9.87. The third-order valence-electron chi connectivity index (χ3n) is 6.93. The highest BCUT2D eigenvalue weighted by atomic mass is 16.4. The minimum absolute atomic E-state index is 0.00739. The molecule has 0 aliphatic heterocycles. The summed E-state index contributed by atoms with van der Waals surface area (Å²) in [5.74, 6) is -1.76. The molecular weight excluding hydrogens is 500 g/mol. The lowest BCUT2D eigenvalue weighted by molar-refractivity contribution is -0.148. The van der Waals surface area contributed by atoms with E-state index in [0.717, 1.165) is 0 Å². The first-order valence-corrected chi connectivity index (χ1v) is 13.0. The Hall–Kier alpha value is -3.94. The monoisotopic (exact) mass is 540 g/mol. The van der Waals surface area contributed by atoms with Gasteiger partial charge in [0.05, 0.1) is 10.8 Å². The molecule has 6 N–H and O–H groups in total. The first kappa shape index (κ1) is 31.3. The van der Waals surface area contributed by atoms with Crippen LogP contribution < -0.4 is 0 Å². The Morgan fingerprint density at radius 3 is 1.74 bits per heavy atom. The molecule has 8 heteroatoms. The maximum absolute atomic E-state index is 11.3. The van der Waals surface area contributed by atoms with E-state index in [0.29, 0.717) is 60.8 Å². The third kappa shape index (κ3) is 9.09. The Kier molecular flexibility index (Phi) is 10.6. The van der Waals surface area contributed by atoms with Crippen molar-refractivity contribution in [2.24, 2.45) is 10.8 Å². The Morgan fingerprint density at radius 2 is 1.18 bits per heavy atom. The van der Waals surface area contributed by atoms with Crippen molar-refractivity contribution in [2.45, 2.75) is 72.6 Å². The van der Waals surface area contributed by atoms with Crippen molar-refractivity contribution in [3.05, 3.63) is 58.7 Å². The molecule has 8 nitrogen and oxygen atoms in total. The van der Waals surface area contributed by atoms with Crippen molar-refractivity contribution < 1.29 is 40.2 Å². The Bertz CT molecular complexity index is 1240. The molecule has 0 fully saturated rings. The number of benzene rings is 2. The van der Waals surface area contributed by atoms with Gasteiger partial charge in [-0.15, -0.1) is 0 Å². The fourth-order valence-corrected chi connectivity index (χ4v) is 4.07. The molecule has 39 heavy (non-hydrogen) atoms. The van der Waals surface area contributed by atoms with Gasteiger partial charge in [0.25, 0.3) is 0 Å². The Morgan fingerprint density at radius 1 is 0.692 bits per heavy atom. The normalized spacial score (nSPS) is 12.4. The number of allylic oxidation sites excluding steroid dienone is 2. The fourth-order valence-electron chi connectivity index (χ4n) is 4.07. The molecule has 0 atom stereocenters. The van der Waals surface area contributed by atoms with Crippen LogP contribution >= 0.6 is 0 Å². The van der Waals surface area contributed by atoms with Crippen molar-refractivity contribution in [1.82, 2.24) is 0 Å². The summed E-state index contributed by atoms with van der Waals surface area (Å²) in [5.41, 5.74) is 0.130. The van der Waals surface area contributed by atoms with Crippen LogP contribution in [0.4, 0.5) is 0 Å². The quantitative estimate of drug-likeness (QED) is 0.117. The van der Waals surface area contributed by atoms with Crippen LogP contribution in [-0.2, 0) is 22.4 Å². The van der Waals surface area contributed by atoms with Crippen molar-refractivity contribution in [3.8, 4) is 23.0 Å². The van der Waals surface area contributed by atoms with Crippen molar-refractivity contribution in [1.29, 1.82) is 0 Å². The van der Waals surface area contributed by atoms with Crippen LogP contribution in [-0.4, -0.2) is 42.6 Å². The van der Waals surface area contributed by atoms with Crippen molar-refractivity contribution >= 4 is 24.1 Å². The SMILES string of the molecule is CC(C)(CCC=Cc1cc(O)cc(CC=Cc2cc(O)cc(CCCCC(C)(C)C(=O)O)c2O)c1O)C(=O)O. The summed E-state index contributed by atoms with van der Waals surface area (Å²) in [6.07, 6.45) is 10.2. The summed E-state index contributed by atoms with van der Waals surface area (Å²) in [4.78, 5) is 22.5. The van der Waals surface area contributed by atoms with Gasteiger partial charge in [-0.1, -0.05) is 30.7 Å². The molecule has 0 aromatic heterocycles. The van der Waals surface area contributed by atoms with E-state index in [1.807, 2.05) is 0 Å². The predicted octanol–water partition coefficient (Wildman–Crippen LogP) is 6.49. The van der Waals surface area contributed by atoms with Gasteiger partial charge in [-0.3, -0.25) is 9.59 Å². The van der Waals surface area contributed by atoms with Crippen molar-refractivity contribution in [2.75, 3.05) is 0 Å². The highest BCUT2D eigenvalue weighted by Gasteiger charge is 2.26. The summed E-state index contributed by atoms with van der Waals surface area (Å²) in [6.45, 7) is 6.65. The average molecular weight is 541 g/mol. The first-order valence-electron chi connectivity index (χ1n) is 13.0. The topological polar surface area (TPSA) is 156 Å². The van der Waals surface area contributed by atoms with E-state index < -0.39 is 22.8 Å². The van der Waals surface area contributed by atoms with Gasteiger partial charge in [0, 0.05) is 16.7 Å². The van der Waals surface area contributed by atoms with Gasteiger partial charge in [-0.2, -0.15) is 0 Å². The van der Waals surface area contributed by atoms with E-state index in [1.54, 1.807) is 52.0 Å². The van der Waals surface area contributed by atoms with E-state index in [9.17, 15) is 40.2 Å². The molecular formula is C31H40O8. The maximum atomic E-state index is 11.3. The molecule has 0 aliphatic rings. The molecule has 0 amide bonds. The molecule has 0 bridgehead atoms. The Labute approximate surface area is 229 Å². The smallest absolute Gasteiger partial charge is 0.309 e. The van der Waals surface area contributed by atoms with Crippen LogP contribution in [0.15, 0.2) is 36.4 Å². The van der Waals surface area contributed by atoms with Crippen molar-refractivity contribution in [3.63, 3.8) is 0 Å². The number of carboxylic acids is 2. The zero-order chi connectivity index (χ0) is 29.4. The van der Waals surface area contributed by atoms with Gasteiger partial charge in [0.1, 0.15) is 23.0 Å². The van der Waals surface area contributed by atoms with Crippen LogP contribution in [0.5, 0.6) is 23.0 Å². The molecule has 0 radical (unpaired) electrons. The number of aromatic hydroxyl groups is 4. The number of phenolic OH excluding ortho intramolecular Hbond substituents is 4. The molecule has 0 spiro atoms. The summed E-state index contributed by atoms with van der Waals surface area (Å²) in [5, 5.41) is 60.2. The van der Waals surface area contributed by atoms with Crippen LogP contribution in [0.2, 0.25) is 0 Å². The number of hydrogen-bond donors (Lipinski definition) is 6. The van der Waals surface area contributed by atoms with E-state index in [1.165, 1.54) is 24.3 Å². The first-order chi connectivity index (χ1) is 18.1. The van der Waals surface area contributed by atoms with Crippen LogP contribution in [0.3, 0.4) is 0 Å². The lowest BCUT2D eigenvalue weighted by Crippen LogP contribution is -2.23. The maximum Gasteiger partial charge on any atom is 0.309 e. The largest absolute Gasteiger partial charge is 0.508 e. The van der Waals surface area contributed by atoms with Gasteiger partial charge >= 0.3 is 11.9 Å². The highest BCUT2D eigenvalue weighted by Crippen LogP contribution is 2.33. The van der Waals surface area contributed by atoms with Gasteiger partial charge in [-0.25, -0.2) is 0 Å². The van der Waals surface area contributed by atoms with E-state index in [4.69, 9.17) is 0 Å². The summed E-state index contributed by atoms with van der Waals surface area (Å²) in [7, 11) is 0. The minimum atomic E-state index is -0.880. The molecule has 0 unspecified atom stereocenters.